The minimum atomic E-state index is -0.117. The number of carbonyl (C=O) groups is 1. The first kappa shape index (κ1) is 20.4. The summed E-state index contributed by atoms with van der Waals surface area (Å²) in [5.74, 6) is 1.66. The van der Waals surface area contributed by atoms with Gasteiger partial charge in [0.1, 0.15) is 12.4 Å². The van der Waals surface area contributed by atoms with Crippen molar-refractivity contribution in [1.82, 2.24) is 19.7 Å². The molecule has 2 aromatic carbocycles. The number of anilines is 1. The molecule has 0 unspecified atom stereocenters. The van der Waals surface area contributed by atoms with Gasteiger partial charge in [-0.25, -0.2) is 4.98 Å². The van der Waals surface area contributed by atoms with Crippen LogP contribution in [0.25, 0.3) is 10.8 Å². The number of nitrogens with zero attached hydrogens (tertiary/aromatic N) is 4. The third kappa shape index (κ3) is 4.63. The van der Waals surface area contributed by atoms with Crippen molar-refractivity contribution in [2.45, 2.75) is 32.2 Å². The molecule has 7 nitrogen and oxygen atoms in total. The molecule has 2 aromatic heterocycles. The van der Waals surface area contributed by atoms with Crippen LogP contribution in [0, 0.1) is 6.92 Å². The standard InChI is InChI=1S/C21H21N5O2S2/c1-3-26-18(11-28-17-10-6-8-15-7-4-5-9-16(15)17)24-25-21(26)30-13-19(27)23-20-22-14(2)12-29-20/h4-10,12H,3,11,13H2,1-2H3,(H,22,23,27). The third-order valence-corrected chi connectivity index (χ3v) is 6.26. The number of carbonyl (C=O) groups excluding carboxylic acids is 1. The van der Waals surface area contributed by atoms with Crippen molar-refractivity contribution >= 4 is 44.9 Å². The van der Waals surface area contributed by atoms with Crippen molar-refractivity contribution in [3.05, 3.63) is 59.4 Å². The molecular weight excluding hydrogens is 418 g/mol. The second kappa shape index (κ2) is 9.27. The van der Waals surface area contributed by atoms with Crippen LogP contribution < -0.4 is 10.1 Å². The van der Waals surface area contributed by atoms with Crippen molar-refractivity contribution < 1.29 is 9.53 Å². The number of aryl methyl sites for hydroxylation is 1. The van der Waals surface area contributed by atoms with E-state index in [2.05, 4.69) is 32.6 Å². The van der Waals surface area contributed by atoms with Gasteiger partial charge in [0.2, 0.25) is 5.91 Å². The SMILES string of the molecule is CCn1c(COc2cccc3ccccc23)nnc1SCC(=O)Nc1nc(C)cs1. The number of hydrogen-bond donors (Lipinski definition) is 1. The molecule has 9 heteroatoms. The Morgan fingerprint density at radius 3 is 2.83 bits per heavy atom. The Hall–Kier alpha value is -2.91. The van der Waals surface area contributed by atoms with Crippen LogP contribution in [-0.2, 0) is 17.9 Å². The fraction of sp³-hybridized carbons (Fsp3) is 0.238. The molecular formula is C21H21N5O2S2. The van der Waals surface area contributed by atoms with Crippen molar-refractivity contribution in [2.24, 2.45) is 0 Å². The van der Waals surface area contributed by atoms with E-state index in [1.54, 1.807) is 0 Å². The highest BCUT2D eigenvalue weighted by atomic mass is 32.2. The van der Waals surface area contributed by atoms with Crippen LogP contribution in [-0.4, -0.2) is 31.4 Å². The van der Waals surface area contributed by atoms with Crippen molar-refractivity contribution in [3.8, 4) is 5.75 Å². The van der Waals surface area contributed by atoms with Gasteiger partial charge in [0.25, 0.3) is 0 Å². The van der Waals surface area contributed by atoms with Crippen molar-refractivity contribution in [3.63, 3.8) is 0 Å². The first-order valence-corrected chi connectivity index (χ1v) is 11.4. The molecule has 0 saturated carbocycles. The molecule has 0 aliphatic rings. The molecule has 0 saturated heterocycles. The second-order valence-electron chi connectivity index (χ2n) is 6.54. The van der Waals surface area contributed by atoms with Gasteiger partial charge in [-0.15, -0.1) is 21.5 Å². The van der Waals surface area contributed by atoms with Gasteiger partial charge in [0, 0.05) is 17.3 Å². The zero-order chi connectivity index (χ0) is 20.9. The van der Waals surface area contributed by atoms with Crippen molar-refractivity contribution in [1.29, 1.82) is 0 Å². The lowest BCUT2D eigenvalue weighted by molar-refractivity contribution is -0.113. The fourth-order valence-electron chi connectivity index (χ4n) is 3.01. The normalized spacial score (nSPS) is 11.0. The number of aromatic nitrogens is 4. The van der Waals surface area contributed by atoms with Crippen LogP contribution in [0.2, 0.25) is 0 Å². The molecule has 4 rings (SSSR count). The summed E-state index contributed by atoms with van der Waals surface area (Å²) in [5, 5.41) is 16.7. The smallest absolute Gasteiger partial charge is 0.236 e. The van der Waals surface area contributed by atoms with E-state index in [1.165, 1.54) is 23.1 Å². The first-order chi connectivity index (χ1) is 14.6. The Kier molecular flexibility index (Phi) is 6.29. The van der Waals surface area contributed by atoms with Gasteiger partial charge in [-0.1, -0.05) is 48.2 Å². The maximum Gasteiger partial charge on any atom is 0.236 e. The molecule has 0 aliphatic heterocycles. The zero-order valence-electron chi connectivity index (χ0n) is 16.7. The quantitative estimate of drug-likeness (QED) is 0.406. The number of nitrogens with one attached hydrogen (secondary N) is 1. The van der Waals surface area contributed by atoms with Gasteiger partial charge in [-0.3, -0.25) is 4.79 Å². The number of hydrogen-bond acceptors (Lipinski definition) is 7. The highest BCUT2D eigenvalue weighted by molar-refractivity contribution is 7.99. The summed E-state index contributed by atoms with van der Waals surface area (Å²) in [7, 11) is 0. The van der Waals surface area contributed by atoms with Crippen LogP contribution in [0.4, 0.5) is 5.13 Å². The van der Waals surface area contributed by atoms with Crippen LogP contribution in [0.1, 0.15) is 18.4 Å². The van der Waals surface area contributed by atoms with E-state index in [0.29, 0.717) is 23.4 Å². The molecule has 154 valence electrons. The van der Waals surface area contributed by atoms with E-state index in [1.807, 2.05) is 54.1 Å². The molecule has 0 atom stereocenters. The summed E-state index contributed by atoms with van der Waals surface area (Å²) in [6.07, 6.45) is 0. The largest absolute Gasteiger partial charge is 0.485 e. The first-order valence-electron chi connectivity index (χ1n) is 9.51. The molecule has 1 N–H and O–H groups in total. The van der Waals surface area contributed by atoms with Crippen LogP contribution in [0.3, 0.4) is 0 Å². The average molecular weight is 440 g/mol. The summed E-state index contributed by atoms with van der Waals surface area (Å²) in [6.45, 7) is 4.91. The number of benzene rings is 2. The summed E-state index contributed by atoms with van der Waals surface area (Å²) >= 11 is 2.76. The zero-order valence-corrected chi connectivity index (χ0v) is 18.3. The lowest BCUT2D eigenvalue weighted by Crippen LogP contribution is -2.14. The molecule has 4 aromatic rings. The van der Waals surface area contributed by atoms with E-state index in [0.717, 1.165) is 28.0 Å². The summed E-state index contributed by atoms with van der Waals surface area (Å²) < 4.78 is 8.02. The molecule has 2 heterocycles. The lowest BCUT2D eigenvalue weighted by Gasteiger charge is -2.10. The number of ether oxygens (including phenoxy) is 1. The average Bonchev–Trinajstić information content (AvgIpc) is 3.35. The second-order valence-corrected chi connectivity index (χ2v) is 8.34. The molecule has 0 spiro atoms. The predicted molar refractivity (Wildman–Crippen MR) is 120 cm³/mol. The van der Waals surface area contributed by atoms with Gasteiger partial charge in [-0.2, -0.15) is 0 Å². The molecule has 0 bridgehead atoms. The Bertz CT molecular complexity index is 1170. The van der Waals surface area contributed by atoms with Crippen LogP contribution in [0.15, 0.2) is 53.0 Å². The topological polar surface area (TPSA) is 81.9 Å². The van der Waals surface area contributed by atoms with Gasteiger partial charge >= 0.3 is 0 Å². The fourth-order valence-corrected chi connectivity index (χ4v) is 4.54. The molecule has 0 aliphatic carbocycles. The van der Waals surface area contributed by atoms with E-state index in [9.17, 15) is 4.79 Å². The van der Waals surface area contributed by atoms with E-state index in [4.69, 9.17) is 4.74 Å². The lowest BCUT2D eigenvalue weighted by atomic mass is 10.1. The van der Waals surface area contributed by atoms with Crippen LogP contribution in [0.5, 0.6) is 5.75 Å². The number of thioether (sulfide) groups is 1. The van der Waals surface area contributed by atoms with E-state index < -0.39 is 0 Å². The number of rotatable bonds is 8. The van der Waals surface area contributed by atoms with Gasteiger partial charge in [-0.05, 0) is 25.3 Å². The number of amides is 1. The maximum absolute atomic E-state index is 12.2. The Balaban J connectivity index is 1.40. The Morgan fingerprint density at radius 2 is 2.03 bits per heavy atom. The van der Waals surface area contributed by atoms with Gasteiger partial charge in [0.15, 0.2) is 16.1 Å². The third-order valence-electron chi connectivity index (χ3n) is 4.41. The number of fused-ring (bicyclic) bond motifs is 1. The Labute approximate surface area is 182 Å². The van der Waals surface area contributed by atoms with E-state index >= 15 is 0 Å². The monoisotopic (exact) mass is 439 g/mol. The highest BCUT2D eigenvalue weighted by Crippen LogP contribution is 2.26. The predicted octanol–water partition coefficient (Wildman–Crippen LogP) is 4.53. The minimum absolute atomic E-state index is 0.117. The van der Waals surface area contributed by atoms with E-state index in [-0.39, 0.29) is 11.7 Å². The molecule has 0 radical (unpaired) electrons. The maximum atomic E-state index is 12.2. The summed E-state index contributed by atoms with van der Waals surface area (Å²) in [4.78, 5) is 16.4. The minimum Gasteiger partial charge on any atom is -0.485 e. The van der Waals surface area contributed by atoms with Crippen molar-refractivity contribution in [2.75, 3.05) is 11.1 Å². The molecule has 30 heavy (non-hydrogen) atoms. The van der Waals surface area contributed by atoms with Gasteiger partial charge < -0.3 is 14.6 Å². The summed E-state index contributed by atoms with van der Waals surface area (Å²) in [5.41, 5.74) is 0.893. The molecule has 1 amide bonds. The summed E-state index contributed by atoms with van der Waals surface area (Å²) in [6, 6.07) is 14.1. The number of thiazole rings is 1. The highest BCUT2D eigenvalue weighted by Gasteiger charge is 2.15. The van der Waals surface area contributed by atoms with Crippen LogP contribution >= 0.6 is 23.1 Å². The van der Waals surface area contributed by atoms with Gasteiger partial charge in [0.05, 0.1) is 11.4 Å². The molecule has 0 fully saturated rings. The Morgan fingerprint density at radius 1 is 1.20 bits per heavy atom.